The maximum Gasteiger partial charge on any atom is 0.302 e. The van der Waals surface area contributed by atoms with Crippen molar-refractivity contribution in [1.82, 2.24) is 0 Å². The number of carbonyl (C=O) groups is 2. The largest absolute Gasteiger partial charge is 0.462 e. The van der Waals surface area contributed by atoms with Gasteiger partial charge in [-0.2, -0.15) is 0 Å². The number of ether oxygens (including phenoxy) is 1. The van der Waals surface area contributed by atoms with E-state index in [4.69, 9.17) is 4.74 Å². The molecule has 14 atom stereocenters. The number of ketones is 1. The van der Waals surface area contributed by atoms with E-state index in [1.807, 2.05) is 6.92 Å². The fourth-order valence-corrected chi connectivity index (χ4v) is 11.1. The predicted molar refractivity (Wildman–Crippen MR) is 171 cm³/mol. The zero-order valence-corrected chi connectivity index (χ0v) is 28.3. The summed E-state index contributed by atoms with van der Waals surface area (Å²) in [4.78, 5) is 24.2. The third-order valence-electron chi connectivity index (χ3n) is 14.6. The molecule has 0 heterocycles. The number of hydrogen-bond acceptors (Lipinski definition) is 8. The van der Waals surface area contributed by atoms with Crippen LogP contribution in [0, 0.1) is 45.3 Å². The van der Waals surface area contributed by atoms with E-state index in [0.717, 1.165) is 64.2 Å². The van der Waals surface area contributed by atoms with Crippen LogP contribution in [0.25, 0.3) is 0 Å². The molecule has 6 aliphatic carbocycles. The van der Waals surface area contributed by atoms with Crippen molar-refractivity contribution >= 4 is 11.8 Å². The fraction of sp³-hybridized carbons (Fsp3) is 0.892. The van der Waals surface area contributed by atoms with Gasteiger partial charge in [-0.1, -0.05) is 39.8 Å². The molecule has 0 saturated heterocycles. The summed E-state index contributed by atoms with van der Waals surface area (Å²) < 4.78 is 5.76. The average Bonchev–Trinajstić information content (AvgIpc) is 3.44. The predicted octanol–water partition coefficient (Wildman–Crippen LogP) is 4.87. The van der Waals surface area contributed by atoms with E-state index in [0.29, 0.717) is 31.6 Å². The van der Waals surface area contributed by atoms with Crippen molar-refractivity contribution in [3.05, 3.63) is 12.2 Å². The number of rotatable bonds is 3. The topological polar surface area (TPSA) is 145 Å². The highest BCUT2D eigenvalue weighted by atomic mass is 16.5. The molecular weight excluding hydrogens is 572 g/mol. The quantitative estimate of drug-likeness (QED) is 0.219. The van der Waals surface area contributed by atoms with Gasteiger partial charge in [0.25, 0.3) is 0 Å². The number of allylic oxidation sites excluding steroid dienone is 1. The molecule has 6 aliphatic rings. The molecule has 8 heteroatoms. The van der Waals surface area contributed by atoms with Crippen LogP contribution in [-0.2, 0) is 14.3 Å². The molecule has 8 nitrogen and oxygen atoms in total. The van der Waals surface area contributed by atoms with Gasteiger partial charge in [0.15, 0.2) is 0 Å². The van der Waals surface area contributed by atoms with Crippen molar-refractivity contribution in [2.45, 2.75) is 161 Å². The molecule has 0 aromatic rings. The number of aliphatic hydroxyl groups is 5. The summed E-state index contributed by atoms with van der Waals surface area (Å²) >= 11 is 0. The van der Waals surface area contributed by atoms with Crippen molar-refractivity contribution in [3.8, 4) is 0 Å². The van der Waals surface area contributed by atoms with Crippen molar-refractivity contribution in [3.63, 3.8) is 0 Å². The van der Waals surface area contributed by atoms with Crippen LogP contribution in [0.3, 0.4) is 0 Å². The van der Waals surface area contributed by atoms with Gasteiger partial charge in [0, 0.05) is 36.0 Å². The Morgan fingerprint density at radius 2 is 1.20 bits per heavy atom. The molecular formula is C37H60O8. The Hall–Kier alpha value is -1.32. The molecule has 0 radical (unpaired) electrons. The highest BCUT2D eigenvalue weighted by Crippen LogP contribution is 2.61. The second-order valence-electron chi connectivity index (χ2n) is 16.9. The Labute approximate surface area is 270 Å². The Bertz CT molecular complexity index is 1140. The van der Waals surface area contributed by atoms with Gasteiger partial charge in [-0.05, 0) is 106 Å². The van der Waals surface area contributed by atoms with E-state index >= 15 is 0 Å². The van der Waals surface area contributed by atoms with E-state index in [1.54, 1.807) is 0 Å². The molecule has 0 aromatic carbocycles. The van der Waals surface area contributed by atoms with Gasteiger partial charge in [0.1, 0.15) is 11.9 Å². The van der Waals surface area contributed by atoms with Crippen LogP contribution in [0.1, 0.15) is 125 Å². The molecule has 5 N–H and O–H groups in total. The minimum Gasteiger partial charge on any atom is -0.462 e. The molecule has 256 valence electrons. The summed E-state index contributed by atoms with van der Waals surface area (Å²) in [5.41, 5.74) is 0.350. The lowest BCUT2D eigenvalue weighted by Crippen LogP contribution is -2.56. The molecule has 0 spiro atoms. The minimum absolute atomic E-state index is 0.0351. The molecule has 6 saturated carbocycles. The van der Waals surface area contributed by atoms with E-state index in [2.05, 4.69) is 27.4 Å². The SMILES string of the molecule is C=C1CCC2[C@H](O)C([C@@]3(C)CC[C@H](O)C[C@@H]3O)CC[C@]12C.CC(=O)OC1C2CCC(=O)[C@@]2(C)CCC1[C@@]1(C)CC[C@H](O)C[C@@H]1O. The summed E-state index contributed by atoms with van der Waals surface area (Å²) in [5, 5.41) is 51.9. The van der Waals surface area contributed by atoms with Crippen LogP contribution in [0.2, 0.25) is 0 Å². The van der Waals surface area contributed by atoms with Gasteiger partial charge < -0.3 is 30.3 Å². The second-order valence-corrected chi connectivity index (χ2v) is 16.9. The third-order valence-corrected chi connectivity index (χ3v) is 14.6. The van der Waals surface area contributed by atoms with Crippen LogP contribution in [0.5, 0.6) is 0 Å². The summed E-state index contributed by atoms with van der Waals surface area (Å²) in [7, 11) is 0. The Balaban J connectivity index is 0.000000179. The number of Topliss-reactive ketones (excluding diaryl/α,β-unsaturated/α-hetero) is 1. The zero-order valence-electron chi connectivity index (χ0n) is 28.3. The zero-order chi connectivity index (χ0) is 33.1. The average molecular weight is 633 g/mol. The molecule has 0 amide bonds. The van der Waals surface area contributed by atoms with Crippen LogP contribution in [0.4, 0.5) is 0 Å². The van der Waals surface area contributed by atoms with Crippen LogP contribution < -0.4 is 0 Å². The first-order valence-electron chi connectivity index (χ1n) is 17.8. The molecule has 45 heavy (non-hydrogen) atoms. The lowest BCUT2D eigenvalue weighted by molar-refractivity contribution is -0.182. The molecule has 0 aliphatic heterocycles. The van der Waals surface area contributed by atoms with E-state index in [9.17, 15) is 35.1 Å². The number of aliphatic hydroxyl groups excluding tert-OH is 5. The van der Waals surface area contributed by atoms with Crippen molar-refractivity contribution in [2.24, 2.45) is 45.3 Å². The van der Waals surface area contributed by atoms with E-state index in [-0.39, 0.29) is 64.1 Å². The monoisotopic (exact) mass is 632 g/mol. The van der Waals surface area contributed by atoms with Crippen LogP contribution in [0.15, 0.2) is 12.2 Å². The number of hydrogen-bond donors (Lipinski definition) is 5. The lowest BCUT2D eigenvalue weighted by Gasteiger charge is -2.54. The van der Waals surface area contributed by atoms with Gasteiger partial charge >= 0.3 is 5.97 Å². The van der Waals surface area contributed by atoms with Gasteiger partial charge in [-0.25, -0.2) is 0 Å². The summed E-state index contributed by atoms with van der Waals surface area (Å²) in [6.07, 6.45) is 8.12. The Kier molecular flexibility index (Phi) is 9.81. The third kappa shape index (κ3) is 5.98. The molecule has 6 fully saturated rings. The highest BCUT2D eigenvalue weighted by Gasteiger charge is 2.60. The standard InChI is InChI=1S/C19H30O5.C18H30O3/c1-11(20)24-17-13-4-5-15(22)18(13,2)9-7-14(17)19(3)8-6-12(21)10-16(19)23;1-11-4-5-13-16(21)14(7-9-17(11,13)2)18(3)8-6-12(19)10-15(18)20/h12-14,16-17,21,23H,4-10H2,1-3H3;12-16,19-21H,1,4-10H2,2-3H3/t12-,13?,14?,16-,17?,18-,19+;12-,13?,14?,15-,16-,17+,18+/m00/s1. The van der Waals surface area contributed by atoms with Gasteiger partial charge in [0.05, 0.1) is 30.5 Å². The number of esters is 1. The Morgan fingerprint density at radius 3 is 1.76 bits per heavy atom. The maximum absolute atomic E-state index is 12.4. The van der Waals surface area contributed by atoms with Gasteiger partial charge in [-0.15, -0.1) is 0 Å². The van der Waals surface area contributed by atoms with Gasteiger partial charge in [-0.3, -0.25) is 9.59 Å². The van der Waals surface area contributed by atoms with Crippen molar-refractivity contribution in [2.75, 3.05) is 0 Å². The molecule has 0 aromatic heterocycles. The summed E-state index contributed by atoms with van der Waals surface area (Å²) in [5.74, 6) is 0.482. The van der Waals surface area contributed by atoms with Crippen LogP contribution in [-0.4, -0.2) is 73.9 Å². The Morgan fingerprint density at radius 1 is 0.689 bits per heavy atom. The van der Waals surface area contributed by atoms with E-state index < -0.39 is 23.7 Å². The smallest absolute Gasteiger partial charge is 0.302 e. The molecule has 5 unspecified atom stereocenters. The van der Waals surface area contributed by atoms with Gasteiger partial charge in [0.2, 0.25) is 0 Å². The number of fused-ring (bicyclic) bond motifs is 2. The number of carbonyl (C=O) groups excluding carboxylic acids is 2. The summed E-state index contributed by atoms with van der Waals surface area (Å²) in [6.45, 7) is 14.1. The first-order chi connectivity index (χ1) is 21.0. The van der Waals surface area contributed by atoms with Crippen molar-refractivity contribution in [1.29, 1.82) is 0 Å². The van der Waals surface area contributed by atoms with Crippen LogP contribution >= 0.6 is 0 Å². The van der Waals surface area contributed by atoms with Crippen molar-refractivity contribution < 1.29 is 39.9 Å². The first-order valence-corrected chi connectivity index (χ1v) is 17.8. The fourth-order valence-electron chi connectivity index (χ4n) is 11.1. The lowest BCUT2D eigenvalue weighted by atomic mass is 9.54. The maximum atomic E-state index is 12.4. The second kappa shape index (κ2) is 12.6. The normalized spacial score (nSPS) is 51.5. The summed E-state index contributed by atoms with van der Waals surface area (Å²) in [6, 6.07) is 0. The minimum atomic E-state index is -0.606. The highest BCUT2D eigenvalue weighted by molar-refractivity contribution is 5.87. The molecule has 6 rings (SSSR count). The van der Waals surface area contributed by atoms with E-state index in [1.165, 1.54) is 12.5 Å². The molecule has 0 bridgehead atoms. The first kappa shape index (κ1) is 35.0.